The second kappa shape index (κ2) is 14.0. The lowest BCUT2D eigenvalue weighted by Gasteiger charge is -2.34. The molecule has 0 unspecified atom stereocenters. The van der Waals surface area contributed by atoms with Gasteiger partial charge in [0.2, 0.25) is 0 Å². The lowest BCUT2D eigenvalue weighted by Crippen LogP contribution is -2.28. The first-order chi connectivity index (χ1) is 31.3. The fourth-order valence-electron chi connectivity index (χ4n) is 11.2. The Kier molecular flexibility index (Phi) is 7.92. The molecule has 0 nitrogen and oxygen atoms in total. The van der Waals surface area contributed by atoms with E-state index in [2.05, 4.69) is 243 Å². The van der Waals surface area contributed by atoms with Crippen molar-refractivity contribution in [3.8, 4) is 55.6 Å². The minimum absolute atomic E-state index is 0.424. The summed E-state index contributed by atoms with van der Waals surface area (Å²) in [6, 6.07) is 90.2. The molecule has 0 N–H and O–H groups in total. The molecule has 0 aliphatic heterocycles. The van der Waals surface area contributed by atoms with Crippen molar-refractivity contribution < 1.29 is 0 Å². The molecular weight excluding hydrogens is 757 g/mol. The van der Waals surface area contributed by atoms with E-state index in [-0.39, 0.29) is 0 Å². The number of benzene rings is 12. The van der Waals surface area contributed by atoms with Gasteiger partial charge in [0.15, 0.2) is 0 Å². The Morgan fingerprint density at radius 3 is 1.24 bits per heavy atom. The maximum absolute atomic E-state index is 2.35. The van der Waals surface area contributed by atoms with Crippen LogP contribution in [0.3, 0.4) is 0 Å². The van der Waals surface area contributed by atoms with Gasteiger partial charge in [0.05, 0.1) is 5.41 Å². The fourth-order valence-corrected chi connectivity index (χ4v) is 11.2. The van der Waals surface area contributed by atoms with E-state index in [1.165, 1.54) is 121 Å². The van der Waals surface area contributed by atoms with E-state index >= 15 is 0 Å². The Balaban J connectivity index is 0.913. The number of hydrogen-bond acceptors (Lipinski definition) is 0. The SMILES string of the molecule is c1ccc(C2(c3ccccc3)c3ccccc3-c3c(-c4ccc(-c5ccc6ccc7c(-c8ccc(-c9cccc%10ccccc9%10)cc8)ccc8ccc5c6c87)cc4)cccc32)cc1. The van der Waals surface area contributed by atoms with E-state index in [1.54, 1.807) is 0 Å². The van der Waals surface area contributed by atoms with E-state index in [9.17, 15) is 0 Å². The summed E-state index contributed by atoms with van der Waals surface area (Å²) in [5, 5.41) is 10.3. The lowest BCUT2D eigenvalue weighted by atomic mass is 9.67. The van der Waals surface area contributed by atoms with Gasteiger partial charge in [0, 0.05) is 0 Å². The van der Waals surface area contributed by atoms with Crippen molar-refractivity contribution >= 4 is 43.1 Å². The minimum atomic E-state index is -0.424. The van der Waals surface area contributed by atoms with E-state index < -0.39 is 5.41 Å². The summed E-state index contributed by atoms with van der Waals surface area (Å²) in [7, 11) is 0. The maximum atomic E-state index is 2.35. The van der Waals surface area contributed by atoms with Gasteiger partial charge in [0.25, 0.3) is 0 Å². The molecule has 0 fully saturated rings. The summed E-state index contributed by atoms with van der Waals surface area (Å²) in [6.07, 6.45) is 0. The second-order valence-corrected chi connectivity index (χ2v) is 17.1. The minimum Gasteiger partial charge on any atom is -0.0622 e. The van der Waals surface area contributed by atoms with Crippen LogP contribution in [-0.4, -0.2) is 0 Å². The zero-order valence-corrected chi connectivity index (χ0v) is 34.6. The summed E-state index contributed by atoms with van der Waals surface area (Å²) >= 11 is 0. The molecule has 0 aromatic heterocycles. The Bertz CT molecular complexity index is 3650. The van der Waals surface area contributed by atoms with Crippen molar-refractivity contribution in [2.24, 2.45) is 0 Å². The van der Waals surface area contributed by atoms with Crippen molar-refractivity contribution in [3.05, 3.63) is 265 Å². The fraction of sp³-hybridized carbons (Fsp3) is 0.0159. The lowest BCUT2D eigenvalue weighted by molar-refractivity contribution is 0.768. The van der Waals surface area contributed by atoms with Crippen LogP contribution in [-0.2, 0) is 5.41 Å². The van der Waals surface area contributed by atoms with Crippen LogP contribution in [0.2, 0.25) is 0 Å². The van der Waals surface area contributed by atoms with Crippen LogP contribution >= 0.6 is 0 Å². The Labute approximate surface area is 367 Å². The molecule has 0 atom stereocenters. The second-order valence-electron chi connectivity index (χ2n) is 17.1. The number of fused-ring (bicyclic) bond motifs is 4. The van der Waals surface area contributed by atoms with Crippen molar-refractivity contribution in [3.63, 3.8) is 0 Å². The average Bonchev–Trinajstić information content (AvgIpc) is 3.67. The third-order valence-electron chi connectivity index (χ3n) is 14.0. The molecule has 0 heterocycles. The highest BCUT2D eigenvalue weighted by Crippen LogP contribution is 2.58. The van der Waals surface area contributed by atoms with Gasteiger partial charge in [-0.3, -0.25) is 0 Å². The van der Waals surface area contributed by atoms with Crippen molar-refractivity contribution in [2.75, 3.05) is 0 Å². The largest absolute Gasteiger partial charge is 0.0713 e. The molecule has 12 aromatic rings. The Morgan fingerprint density at radius 2 is 0.635 bits per heavy atom. The van der Waals surface area contributed by atoms with Gasteiger partial charge in [-0.05, 0) is 121 Å². The van der Waals surface area contributed by atoms with Gasteiger partial charge in [-0.1, -0.05) is 243 Å². The zero-order valence-electron chi connectivity index (χ0n) is 34.6. The van der Waals surface area contributed by atoms with E-state index in [1.807, 2.05) is 0 Å². The molecular formula is C63H40. The number of rotatable bonds is 6. The van der Waals surface area contributed by atoms with Crippen molar-refractivity contribution in [2.45, 2.75) is 5.41 Å². The summed E-state index contributed by atoms with van der Waals surface area (Å²) in [5.41, 5.74) is 17.4. The van der Waals surface area contributed by atoms with Crippen molar-refractivity contribution in [1.29, 1.82) is 0 Å². The van der Waals surface area contributed by atoms with E-state index in [0.717, 1.165) is 0 Å². The maximum Gasteiger partial charge on any atom is 0.0713 e. The van der Waals surface area contributed by atoms with Gasteiger partial charge in [-0.15, -0.1) is 0 Å². The number of hydrogen-bond donors (Lipinski definition) is 0. The molecule has 0 amide bonds. The highest BCUT2D eigenvalue weighted by Gasteiger charge is 2.46. The Morgan fingerprint density at radius 1 is 0.222 bits per heavy atom. The molecule has 0 heteroatoms. The highest BCUT2D eigenvalue weighted by atomic mass is 14.5. The van der Waals surface area contributed by atoms with Crippen LogP contribution in [0.4, 0.5) is 0 Å². The van der Waals surface area contributed by atoms with Gasteiger partial charge < -0.3 is 0 Å². The molecule has 1 aliphatic carbocycles. The van der Waals surface area contributed by atoms with E-state index in [0.29, 0.717) is 0 Å². The molecule has 292 valence electrons. The zero-order chi connectivity index (χ0) is 41.5. The third kappa shape index (κ3) is 5.28. The molecule has 0 spiro atoms. The van der Waals surface area contributed by atoms with Crippen molar-refractivity contribution in [1.82, 2.24) is 0 Å². The first-order valence-electron chi connectivity index (χ1n) is 22.0. The molecule has 12 aromatic carbocycles. The molecule has 0 saturated heterocycles. The quantitative estimate of drug-likeness (QED) is 0.147. The van der Waals surface area contributed by atoms with Crippen LogP contribution in [0, 0.1) is 0 Å². The standard InChI is InChI=1S/C63H40/c1-3-15-48(16-4-1)63(49-17-5-2-6-18-49)58-23-10-9-20-57(58)62-54(22-12-24-59(62)63)45-31-29-44(30-32-45)53-38-34-47-35-39-55-52(37-33-46-36-40-56(53)61(47)60(46)55)43-27-25-42(26-28-43)51-21-11-14-41-13-7-8-19-50(41)51/h1-40H. The highest BCUT2D eigenvalue weighted by molar-refractivity contribution is 6.27. The third-order valence-corrected chi connectivity index (χ3v) is 14.0. The van der Waals surface area contributed by atoms with Crippen LogP contribution in [0.5, 0.6) is 0 Å². The smallest absolute Gasteiger partial charge is 0.0622 e. The van der Waals surface area contributed by atoms with Gasteiger partial charge >= 0.3 is 0 Å². The molecule has 63 heavy (non-hydrogen) atoms. The molecule has 0 radical (unpaired) electrons. The Hall–Kier alpha value is -8.06. The van der Waals surface area contributed by atoms with E-state index in [4.69, 9.17) is 0 Å². The van der Waals surface area contributed by atoms with Crippen LogP contribution in [0.1, 0.15) is 22.3 Å². The first-order valence-corrected chi connectivity index (χ1v) is 22.0. The first kappa shape index (κ1) is 35.7. The normalized spacial score (nSPS) is 12.9. The summed E-state index contributed by atoms with van der Waals surface area (Å²) < 4.78 is 0. The summed E-state index contributed by atoms with van der Waals surface area (Å²) in [4.78, 5) is 0. The topological polar surface area (TPSA) is 0 Å². The molecule has 1 aliphatic rings. The average molecular weight is 797 g/mol. The monoisotopic (exact) mass is 796 g/mol. The molecule has 0 saturated carbocycles. The summed E-state index contributed by atoms with van der Waals surface area (Å²) in [6.45, 7) is 0. The van der Waals surface area contributed by atoms with Crippen LogP contribution < -0.4 is 0 Å². The summed E-state index contributed by atoms with van der Waals surface area (Å²) in [5.74, 6) is 0. The van der Waals surface area contributed by atoms with Gasteiger partial charge in [-0.2, -0.15) is 0 Å². The molecule has 0 bridgehead atoms. The predicted octanol–water partition coefficient (Wildman–Crippen LogP) is 16.8. The van der Waals surface area contributed by atoms with Gasteiger partial charge in [-0.25, -0.2) is 0 Å². The predicted molar refractivity (Wildman–Crippen MR) is 267 cm³/mol. The van der Waals surface area contributed by atoms with Gasteiger partial charge in [0.1, 0.15) is 0 Å². The van der Waals surface area contributed by atoms with Crippen LogP contribution in [0.25, 0.3) is 98.7 Å². The molecule has 13 rings (SSSR count). The van der Waals surface area contributed by atoms with Crippen LogP contribution in [0.15, 0.2) is 243 Å².